The van der Waals surface area contributed by atoms with Crippen LogP contribution in [-0.2, 0) is 9.59 Å². The molecule has 2 N–H and O–H groups in total. The summed E-state index contributed by atoms with van der Waals surface area (Å²) in [5.74, 6) is -1.46. The highest BCUT2D eigenvalue weighted by Crippen LogP contribution is 2.42. The molecule has 2 heterocycles. The maximum atomic E-state index is 13.5. The van der Waals surface area contributed by atoms with E-state index in [1.165, 1.54) is 4.90 Å². The minimum atomic E-state index is -0.852. The zero-order chi connectivity index (χ0) is 26.3. The summed E-state index contributed by atoms with van der Waals surface area (Å²) >= 11 is 3.48. The molecule has 0 radical (unpaired) electrons. The van der Waals surface area contributed by atoms with Gasteiger partial charge in [-0.1, -0.05) is 46.3 Å². The van der Waals surface area contributed by atoms with Crippen LogP contribution in [0, 0.1) is 6.92 Å². The molecule has 1 amide bonds. The molecule has 3 aromatic carbocycles. The SMILES string of the molecule is CCN(CC)c1ccc(C2/C(=C(\O)c3ccc(Br)c(C)c3)C(=O)C(=O)N2c2nc3ccccc3[nH]2)cc1. The van der Waals surface area contributed by atoms with Crippen molar-refractivity contribution in [3.05, 3.63) is 93.5 Å². The number of nitrogens with one attached hydrogen (secondary N) is 1. The van der Waals surface area contributed by atoms with Gasteiger partial charge >= 0.3 is 5.91 Å². The normalized spacial score (nSPS) is 17.1. The molecular formula is C29H27BrN4O3. The van der Waals surface area contributed by atoms with E-state index in [4.69, 9.17) is 0 Å². The lowest BCUT2D eigenvalue weighted by atomic mass is 9.94. The highest BCUT2D eigenvalue weighted by molar-refractivity contribution is 9.10. The van der Waals surface area contributed by atoms with Crippen molar-refractivity contribution in [3.63, 3.8) is 0 Å². The van der Waals surface area contributed by atoms with Gasteiger partial charge in [0.2, 0.25) is 5.95 Å². The van der Waals surface area contributed by atoms with Gasteiger partial charge in [0.1, 0.15) is 5.76 Å². The second kappa shape index (κ2) is 9.86. The minimum Gasteiger partial charge on any atom is -0.507 e. The second-order valence-electron chi connectivity index (χ2n) is 8.97. The maximum absolute atomic E-state index is 13.5. The lowest BCUT2D eigenvalue weighted by Crippen LogP contribution is -2.30. The first-order valence-corrected chi connectivity index (χ1v) is 13.0. The largest absolute Gasteiger partial charge is 0.507 e. The number of Topliss-reactive ketones (excluding diaryl/α,β-unsaturated/α-hetero) is 1. The van der Waals surface area contributed by atoms with E-state index in [-0.39, 0.29) is 17.3 Å². The molecule has 4 aromatic rings. The number of para-hydroxylation sites is 2. The van der Waals surface area contributed by atoms with Crippen molar-refractivity contribution in [1.82, 2.24) is 9.97 Å². The van der Waals surface area contributed by atoms with Crippen LogP contribution >= 0.6 is 15.9 Å². The van der Waals surface area contributed by atoms with Crippen LogP contribution in [0.5, 0.6) is 0 Å². The molecule has 1 fully saturated rings. The molecule has 8 heteroatoms. The van der Waals surface area contributed by atoms with Crippen LogP contribution in [0.4, 0.5) is 11.6 Å². The molecule has 37 heavy (non-hydrogen) atoms. The van der Waals surface area contributed by atoms with E-state index >= 15 is 0 Å². The van der Waals surface area contributed by atoms with Crippen LogP contribution < -0.4 is 9.80 Å². The lowest BCUT2D eigenvalue weighted by molar-refractivity contribution is -0.132. The number of anilines is 2. The Morgan fingerprint density at radius 1 is 1.05 bits per heavy atom. The molecule has 7 nitrogen and oxygen atoms in total. The first kappa shape index (κ1) is 24.8. The number of fused-ring (bicyclic) bond motifs is 1. The Labute approximate surface area is 223 Å². The molecule has 188 valence electrons. The van der Waals surface area contributed by atoms with Gasteiger partial charge in [-0.15, -0.1) is 0 Å². The number of nitrogens with zero attached hydrogens (tertiary/aromatic N) is 3. The van der Waals surface area contributed by atoms with Crippen LogP contribution in [0.3, 0.4) is 0 Å². The second-order valence-corrected chi connectivity index (χ2v) is 9.83. The smallest absolute Gasteiger partial charge is 0.302 e. The van der Waals surface area contributed by atoms with Crippen LogP contribution in [-0.4, -0.2) is 39.9 Å². The predicted octanol–water partition coefficient (Wildman–Crippen LogP) is 6.11. The number of carbonyl (C=O) groups is 2. The molecule has 1 aliphatic rings. The number of amides is 1. The number of aromatic amines is 1. The summed E-state index contributed by atoms with van der Waals surface area (Å²) in [4.78, 5) is 38.3. The van der Waals surface area contributed by atoms with E-state index in [1.54, 1.807) is 12.1 Å². The van der Waals surface area contributed by atoms with Gasteiger partial charge in [-0.25, -0.2) is 4.98 Å². The standard InChI is InChI=1S/C29H27BrN4O3/c1-4-33(5-2)20-13-10-18(11-14-20)25-24(26(35)19-12-15-21(30)17(3)16-19)27(36)28(37)34(25)29-31-22-8-6-7-9-23(22)32-29/h6-16,25,35H,4-5H2,1-3H3,(H,31,32)/b26-24+. The number of H-pyrrole nitrogens is 1. The molecule has 1 aromatic heterocycles. The fourth-order valence-corrected chi connectivity index (χ4v) is 5.07. The Hall–Kier alpha value is -3.91. The number of hydrogen-bond donors (Lipinski definition) is 2. The molecular weight excluding hydrogens is 532 g/mol. The molecule has 0 saturated carbocycles. The van der Waals surface area contributed by atoms with Crippen molar-refractivity contribution in [2.24, 2.45) is 0 Å². The quantitative estimate of drug-likeness (QED) is 0.169. The van der Waals surface area contributed by atoms with Gasteiger partial charge in [0.05, 0.1) is 22.6 Å². The number of aliphatic hydroxyl groups excluding tert-OH is 1. The average Bonchev–Trinajstić information content (AvgIpc) is 3.45. The molecule has 0 aliphatic carbocycles. The average molecular weight is 559 g/mol. The minimum absolute atomic E-state index is 0.0303. The molecule has 5 rings (SSSR count). The summed E-state index contributed by atoms with van der Waals surface area (Å²) in [6.45, 7) is 7.80. The molecule has 1 unspecified atom stereocenters. The third kappa shape index (κ3) is 4.31. The van der Waals surface area contributed by atoms with E-state index in [0.717, 1.165) is 34.3 Å². The number of benzene rings is 3. The van der Waals surface area contributed by atoms with Crippen molar-refractivity contribution in [2.75, 3.05) is 22.9 Å². The molecule has 0 bridgehead atoms. The molecule has 1 aliphatic heterocycles. The predicted molar refractivity (Wildman–Crippen MR) is 150 cm³/mol. The number of halogens is 1. The topological polar surface area (TPSA) is 89.5 Å². The van der Waals surface area contributed by atoms with Crippen molar-refractivity contribution in [2.45, 2.75) is 26.8 Å². The van der Waals surface area contributed by atoms with E-state index in [1.807, 2.05) is 61.5 Å². The third-order valence-electron chi connectivity index (χ3n) is 6.82. The number of aliphatic hydroxyl groups is 1. The van der Waals surface area contributed by atoms with Crippen molar-refractivity contribution in [1.29, 1.82) is 0 Å². The monoisotopic (exact) mass is 558 g/mol. The van der Waals surface area contributed by atoms with E-state index < -0.39 is 17.7 Å². The summed E-state index contributed by atoms with van der Waals surface area (Å²) in [5, 5.41) is 11.4. The Bertz CT molecular complexity index is 1500. The number of imidazole rings is 1. The Kier molecular flexibility index (Phi) is 6.60. The van der Waals surface area contributed by atoms with Crippen LogP contribution in [0.25, 0.3) is 16.8 Å². The van der Waals surface area contributed by atoms with Crippen LogP contribution in [0.2, 0.25) is 0 Å². The summed E-state index contributed by atoms with van der Waals surface area (Å²) in [6, 6.07) is 19.7. The Balaban J connectivity index is 1.70. The van der Waals surface area contributed by atoms with Crippen molar-refractivity contribution >= 4 is 56.0 Å². The summed E-state index contributed by atoms with van der Waals surface area (Å²) in [7, 11) is 0. The fourth-order valence-electron chi connectivity index (χ4n) is 4.82. The zero-order valence-corrected chi connectivity index (χ0v) is 22.4. The highest BCUT2D eigenvalue weighted by Gasteiger charge is 2.48. The van der Waals surface area contributed by atoms with Gasteiger partial charge in [-0.2, -0.15) is 0 Å². The fraction of sp³-hybridized carbons (Fsp3) is 0.207. The molecule has 1 saturated heterocycles. The van der Waals surface area contributed by atoms with E-state index in [0.29, 0.717) is 16.6 Å². The number of rotatable bonds is 6. The van der Waals surface area contributed by atoms with Gasteiger partial charge < -0.3 is 15.0 Å². The zero-order valence-electron chi connectivity index (χ0n) is 20.8. The first-order chi connectivity index (χ1) is 17.8. The number of ketones is 1. The van der Waals surface area contributed by atoms with E-state index in [9.17, 15) is 14.7 Å². The van der Waals surface area contributed by atoms with Gasteiger partial charge in [0.15, 0.2) is 0 Å². The first-order valence-electron chi connectivity index (χ1n) is 12.2. The van der Waals surface area contributed by atoms with Crippen LogP contribution in [0.15, 0.2) is 76.8 Å². The Morgan fingerprint density at radius 2 is 1.76 bits per heavy atom. The number of hydrogen-bond acceptors (Lipinski definition) is 5. The van der Waals surface area contributed by atoms with E-state index in [2.05, 4.69) is 44.6 Å². The van der Waals surface area contributed by atoms with Gasteiger partial charge in [-0.3, -0.25) is 14.5 Å². The molecule has 1 atom stereocenters. The van der Waals surface area contributed by atoms with Crippen LogP contribution in [0.1, 0.15) is 36.6 Å². The lowest BCUT2D eigenvalue weighted by Gasteiger charge is -2.25. The maximum Gasteiger partial charge on any atom is 0.302 e. The number of aryl methyl sites for hydroxylation is 1. The summed E-state index contributed by atoms with van der Waals surface area (Å²) in [6.07, 6.45) is 0. The van der Waals surface area contributed by atoms with Gasteiger partial charge in [0.25, 0.3) is 5.78 Å². The third-order valence-corrected chi connectivity index (χ3v) is 7.71. The highest BCUT2D eigenvalue weighted by atomic mass is 79.9. The number of carbonyl (C=O) groups excluding carboxylic acids is 2. The van der Waals surface area contributed by atoms with Gasteiger partial charge in [-0.05, 0) is 68.3 Å². The van der Waals surface area contributed by atoms with Gasteiger partial charge in [0, 0.05) is 28.8 Å². The number of aromatic nitrogens is 2. The molecule has 0 spiro atoms. The van der Waals surface area contributed by atoms with Crippen molar-refractivity contribution in [3.8, 4) is 0 Å². The summed E-state index contributed by atoms with van der Waals surface area (Å²) < 4.78 is 0.885. The summed E-state index contributed by atoms with van der Waals surface area (Å²) in [5.41, 5.74) is 4.56. The van der Waals surface area contributed by atoms with Crippen molar-refractivity contribution < 1.29 is 14.7 Å². The Morgan fingerprint density at radius 3 is 2.41 bits per heavy atom.